The van der Waals surface area contributed by atoms with Crippen LogP contribution in [0.25, 0.3) is 0 Å². The Hall–Kier alpha value is -1.92. The van der Waals surface area contributed by atoms with Gasteiger partial charge in [-0.3, -0.25) is 9.59 Å². The van der Waals surface area contributed by atoms with Crippen LogP contribution in [0, 0.1) is 0 Å². The largest absolute Gasteiger partial charge is 0.389 e. The number of hydrogen-bond acceptors (Lipinski definition) is 4. The molecule has 0 radical (unpaired) electrons. The van der Waals surface area contributed by atoms with E-state index in [1.165, 1.54) is 32.1 Å². The van der Waals surface area contributed by atoms with E-state index in [9.17, 15) is 14.7 Å². The van der Waals surface area contributed by atoms with Crippen LogP contribution in [-0.4, -0.2) is 71.6 Å². The molecule has 3 rings (SSSR count). The molecule has 0 unspecified atom stereocenters. The van der Waals surface area contributed by atoms with Gasteiger partial charge in [-0.15, -0.1) is 0 Å². The summed E-state index contributed by atoms with van der Waals surface area (Å²) < 4.78 is 0. The molecule has 2 aliphatic heterocycles. The number of nitrogens with zero attached hydrogens (tertiary/aromatic N) is 2. The maximum absolute atomic E-state index is 12.5. The number of amides is 2. The number of carbonyl (C=O) groups excluding carboxylic acids is 2. The van der Waals surface area contributed by atoms with Crippen LogP contribution in [0.3, 0.4) is 0 Å². The van der Waals surface area contributed by atoms with Crippen molar-refractivity contribution in [3.8, 4) is 0 Å². The van der Waals surface area contributed by atoms with E-state index >= 15 is 0 Å². The first-order valence-corrected chi connectivity index (χ1v) is 10.7. The summed E-state index contributed by atoms with van der Waals surface area (Å²) in [4.78, 5) is 28.9. The molecule has 6 nitrogen and oxygen atoms in total. The molecule has 0 aliphatic carbocycles. The van der Waals surface area contributed by atoms with E-state index in [4.69, 9.17) is 0 Å². The van der Waals surface area contributed by atoms with Crippen molar-refractivity contribution in [2.75, 3.05) is 32.7 Å². The SMILES string of the molecule is O=C(CCN1CCCCCCC1)N[C@@H]1CCN(C(=O)c2ccccc2)C[C@H]1O. The van der Waals surface area contributed by atoms with Crippen molar-refractivity contribution >= 4 is 11.8 Å². The molecule has 2 aliphatic rings. The summed E-state index contributed by atoms with van der Waals surface area (Å²) in [6, 6.07) is 8.84. The average Bonchev–Trinajstić information content (AvgIpc) is 2.69. The lowest BCUT2D eigenvalue weighted by molar-refractivity contribution is -0.123. The van der Waals surface area contributed by atoms with Gasteiger partial charge in [0, 0.05) is 31.6 Å². The minimum atomic E-state index is -0.730. The Kier molecular flexibility index (Phi) is 7.86. The van der Waals surface area contributed by atoms with Gasteiger partial charge in [0.15, 0.2) is 0 Å². The highest BCUT2D eigenvalue weighted by molar-refractivity contribution is 5.94. The summed E-state index contributed by atoms with van der Waals surface area (Å²) in [5.41, 5.74) is 0.630. The van der Waals surface area contributed by atoms with E-state index in [2.05, 4.69) is 10.2 Å². The molecule has 28 heavy (non-hydrogen) atoms. The van der Waals surface area contributed by atoms with Gasteiger partial charge in [0.2, 0.25) is 5.91 Å². The summed E-state index contributed by atoms with van der Waals surface area (Å²) in [5, 5.41) is 13.4. The van der Waals surface area contributed by atoms with Crippen molar-refractivity contribution in [2.45, 2.75) is 57.1 Å². The summed E-state index contributed by atoms with van der Waals surface area (Å²) >= 11 is 0. The van der Waals surface area contributed by atoms with Crippen LogP contribution in [0.2, 0.25) is 0 Å². The Bertz CT molecular complexity index is 629. The summed E-state index contributed by atoms with van der Waals surface area (Å²) in [5.74, 6) is -0.0737. The molecule has 6 heteroatoms. The third kappa shape index (κ3) is 6.04. The zero-order valence-electron chi connectivity index (χ0n) is 16.7. The third-order valence-corrected chi connectivity index (χ3v) is 5.84. The highest BCUT2D eigenvalue weighted by atomic mass is 16.3. The van der Waals surface area contributed by atoms with Crippen molar-refractivity contribution in [1.29, 1.82) is 0 Å². The number of β-amino-alcohol motifs (C(OH)–C–C–N with tert-alkyl or cyclic N) is 1. The van der Waals surface area contributed by atoms with Gasteiger partial charge in [0.1, 0.15) is 0 Å². The van der Waals surface area contributed by atoms with Crippen LogP contribution in [0.5, 0.6) is 0 Å². The molecular formula is C22H33N3O3. The number of aliphatic hydroxyl groups is 1. The molecule has 2 heterocycles. The Balaban J connectivity index is 1.41. The van der Waals surface area contributed by atoms with Gasteiger partial charge in [0.05, 0.1) is 12.1 Å². The molecule has 0 saturated carbocycles. The van der Waals surface area contributed by atoms with Gasteiger partial charge < -0.3 is 20.2 Å². The van der Waals surface area contributed by atoms with Crippen molar-refractivity contribution in [3.63, 3.8) is 0 Å². The van der Waals surface area contributed by atoms with E-state index in [1.807, 2.05) is 18.2 Å². The molecule has 2 saturated heterocycles. The Morgan fingerprint density at radius 1 is 1.00 bits per heavy atom. The molecule has 2 atom stereocenters. The van der Waals surface area contributed by atoms with Crippen LogP contribution in [-0.2, 0) is 4.79 Å². The van der Waals surface area contributed by atoms with Gasteiger partial charge in [-0.25, -0.2) is 0 Å². The van der Waals surface area contributed by atoms with Crippen LogP contribution in [0.4, 0.5) is 0 Å². The maximum atomic E-state index is 12.5. The van der Waals surface area contributed by atoms with Crippen LogP contribution in [0.15, 0.2) is 30.3 Å². The normalized spacial score (nSPS) is 24.2. The minimum absolute atomic E-state index is 0.00561. The third-order valence-electron chi connectivity index (χ3n) is 5.84. The van der Waals surface area contributed by atoms with E-state index in [-0.39, 0.29) is 24.4 Å². The van der Waals surface area contributed by atoms with Crippen molar-refractivity contribution < 1.29 is 14.7 Å². The first-order valence-electron chi connectivity index (χ1n) is 10.7. The van der Waals surface area contributed by atoms with E-state index < -0.39 is 6.10 Å². The highest BCUT2D eigenvalue weighted by Gasteiger charge is 2.31. The maximum Gasteiger partial charge on any atom is 0.253 e. The Labute approximate surface area is 167 Å². The first kappa shape index (κ1) is 20.8. The van der Waals surface area contributed by atoms with Gasteiger partial charge >= 0.3 is 0 Å². The van der Waals surface area contributed by atoms with Gasteiger partial charge in [-0.2, -0.15) is 0 Å². The number of benzene rings is 1. The number of hydrogen-bond donors (Lipinski definition) is 2. The monoisotopic (exact) mass is 387 g/mol. The van der Waals surface area contributed by atoms with E-state index in [0.717, 1.165) is 19.6 Å². The average molecular weight is 388 g/mol. The number of piperidine rings is 1. The number of nitrogens with one attached hydrogen (secondary N) is 1. The molecule has 0 aromatic heterocycles. The summed E-state index contributed by atoms with van der Waals surface area (Å²) in [7, 11) is 0. The van der Waals surface area contributed by atoms with Crippen LogP contribution >= 0.6 is 0 Å². The van der Waals surface area contributed by atoms with Gasteiger partial charge in [0.25, 0.3) is 5.91 Å². The minimum Gasteiger partial charge on any atom is -0.389 e. The Morgan fingerprint density at radius 3 is 2.36 bits per heavy atom. The highest BCUT2D eigenvalue weighted by Crippen LogP contribution is 2.15. The van der Waals surface area contributed by atoms with Crippen molar-refractivity contribution in [2.24, 2.45) is 0 Å². The zero-order valence-corrected chi connectivity index (χ0v) is 16.7. The summed E-state index contributed by atoms with van der Waals surface area (Å²) in [6.45, 7) is 3.74. The second-order valence-corrected chi connectivity index (χ2v) is 8.01. The summed E-state index contributed by atoms with van der Waals surface area (Å²) in [6.07, 6.45) is 6.65. The fourth-order valence-corrected chi connectivity index (χ4v) is 4.12. The molecule has 2 fully saturated rings. The molecule has 0 spiro atoms. The molecule has 1 aromatic rings. The number of carbonyl (C=O) groups is 2. The predicted octanol–water partition coefficient (Wildman–Crippen LogP) is 2.03. The second kappa shape index (κ2) is 10.6. The van der Waals surface area contributed by atoms with E-state index in [0.29, 0.717) is 24.9 Å². The fourth-order valence-electron chi connectivity index (χ4n) is 4.12. The smallest absolute Gasteiger partial charge is 0.253 e. The van der Waals surface area contributed by atoms with Gasteiger partial charge in [-0.1, -0.05) is 37.5 Å². The lowest BCUT2D eigenvalue weighted by Gasteiger charge is -2.36. The van der Waals surface area contributed by atoms with Crippen molar-refractivity contribution in [1.82, 2.24) is 15.1 Å². The lowest BCUT2D eigenvalue weighted by Crippen LogP contribution is -2.55. The predicted molar refractivity (Wildman–Crippen MR) is 109 cm³/mol. The topological polar surface area (TPSA) is 72.9 Å². The van der Waals surface area contributed by atoms with E-state index in [1.54, 1.807) is 17.0 Å². The van der Waals surface area contributed by atoms with Crippen molar-refractivity contribution in [3.05, 3.63) is 35.9 Å². The zero-order chi connectivity index (χ0) is 19.8. The first-order chi connectivity index (χ1) is 13.6. The molecular weight excluding hydrogens is 354 g/mol. The van der Waals surface area contributed by atoms with Crippen LogP contribution in [0.1, 0.15) is 55.3 Å². The molecule has 154 valence electrons. The fraction of sp³-hybridized carbons (Fsp3) is 0.636. The van der Waals surface area contributed by atoms with Crippen LogP contribution < -0.4 is 5.32 Å². The molecule has 0 bridgehead atoms. The number of rotatable bonds is 5. The standard InChI is InChI=1S/C22H33N3O3/c26-20-17-25(22(28)18-9-5-4-6-10-18)16-11-19(20)23-21(27)12-15-24-13-7-2-1-3-8-14-24/h4-6,9-10,19-20,26H,1-3,7-8,11-17H2,(H,23,27)/t19-,20-/m1/s1. The number of likely N-dealkylation sites (tertiary alicyclic amines) is 2. The number of aliphatic hydroxyl groups excluding tert-OH is 1. The molecule has 1 aromatic carbocycles. The van der Waals surface area contributed by atoms with Gasteiger partial charge in [-0.05, 0) is 44.5 Å². The lowest BCUT2D eigenvalue weighted by atomic mass is 10.0. The quantitative estimate of drug-likeness (QED) is 0.811. The molecule has 2 N–H and O–H groups in total. The molecule has 2 amide bonds. The Morgan fingerprint density at radius 2 is 1.68 bits per heavy atom. The second-order valence-electron chi connectivity index (χ2n) is 8.01.